The highest BCUT2D eigenvalue weighted by Gasteiger charge is 2.35. The minimum Gasteiger partial charge on any atom is -0.444 e. The van der Waals surface area contributed by atoms with Crippen LogP contribution in [0.3, 0.4) is 0 Å². The van der Waals surface area contributed by atoms with Gasteiger partial charge in [-0.05, 0) is 49.9 Å². The summed E-state index contributed by atoms with van der Waals surface area (Å²) in [6.07, 6.45) is 4.68. The van der Waals surface area contributed by atoms with Gasteiger partial charge in [0, 0.05) is 18.8 Å². The first kappa shape index (κ1) is 32.0. The van der Waals surface area contributed by atoms with Gasteiger partial charge in [0.05, 0.1) is 0 Å². The molecule has 0 aliphatic heterocycles. The normalized spacial score (nSPS) is 12.6. The molecule has 7 nitrogen and oxygen atoms in total. The molecule has 0 radical (unpaired) electrons. The molecule has 0 spiro atoms. The Morgan fingerprint density at radius 3 is 2.38 bits per heavy atom. The standard InChI is InChI=1S/C31H43N3O4S/c1-6-8-9-13-19-34(29(36)26(22-39)33-30(37)38-31(3,4)5)27(25-18-14-17-23(7-2)20-25)28(35)32-21-24-15-11-10-12-16-24/h7,10-12,14-18,20,26-27,39H,2,6,8-9,13,19,21-22H2,1,3-5H3,(H,32,35)(H,33,37). The number of carbonyl (C=O) groups excluding carboxylic acids is 3. The molecule has 0 fully saturated rings. The molecule has 0 aliphatic rings. The van der Waals surface area contributed by atoms with Gasteiger partial charge in [0.1, 0.15) is 17.7 Å². The van der Waals surface area contributed by atoms with Crippen molar-refractivity contribution in [3.8, 4) is 0 Å². The lowest BCUT2D eigenvalue weighted by Gasteiger charge is -2.34. The minimum atomic E-state index is -0.971. The van der Waals surface area contributed by atoms with Crippen molar-refractivity contribution in [3.05, 3.63) is 77.9 Å². The maximum Gasteiger partial charge on any atom is 0.408 e. The summed E-state index contributed by atoms with van der Waals surface area (Å²) in [5, 5.41) is 5.67. The number of nitrogens with zero attached hydrogens (tertiary/aromatic N) is 1. The van der Waals surface area contributed by atoms with E-state index in [2.05, 4.69) is 36.8 Å². The number of benzene rings is 2. The monoisotopic (exact) mass is 553 g/mol. The van der Waals surface area contributed by atoms with Gasteiger partial charge in [0.25, 0.3) is 0 Å². The van der Waals surface area contributed by atoms with E-state index in [4.69, 9.17) is 4.74 Å². The number of amides is 3. The van der Waals surface area contributed by atoms with Crippen molar-refractivity contribution in [2.24, 2.45) is 0 Å². The molecule has 0 saturated heterocycles. The average Bonchev–Trinajstić information content (AvgIpc) is 2.91. The second kappa shape index (κ2) is 16.0. The first-order chi connectivity index (χ1) is 18.6. The van der Waals surface area contributed by atoms with Crippen LogP contribution in [0.15, 0.2) is 61.2 Å². The summed E-state index contributed by atoms with van der Waals surface area (Å²) in [6, 6.07) is 15.2. The number of hydrogen-bond acceptors (Lipinski definition) is 5. The summed E-state index contributed by atoms with van der Waals surface area (Å²) in [7, 11) is 0. The Balaban J connectivity index is 2.44. The van der Waals surface area contributed by atoms with Gasteiger partial charge in [0.2, 0.25) is 11.8 Å². The Hall–Kier alpha value is -3.26. The van der Waals surface area contributed by atoms with E-state index in [0.717, 1.165) is 36.8 Å². The number of thiol groups is 1. The van der Waals surface area contributed by atoms with Crippen LogP contribution < -0.4 is 10.6 Å². The van der Waals surface area contributed by atoms with Gasteiger partial charge in [-0.2, -0.15) is 12.6 Å². The second-order valence-corrected chi connectivity index (χ2v) is 10.8. The van der Waals surface area contributed by atoms with Crippen LogP contribution >= 0.6 is 12.6 Å². The topological polar surface area (TPSA) is 87.7 Å². The fourth-order valence-electron chi connectivity index (χ4n) is 4.12. The molecule has 0 aliphatic carbocycles. The maximum absolute atomic E-state index is 14.0. The fourth-order valence-corrected chi connectivity index (χ4v) is 4.37. The van der Waals surface area contributed by atoms with Crippen molar-refractivity contribution < 1.29 is 19.1 Å². The predicted molar refractivity (Wildman–Crippen MR) is 160 cm³/mol. The molecule has 0 bridgehead atoms. The molecule has 2 atom stereocenters. The van der Waals surface area contributed by atoms with Crippen molar-refractivity contribution >= 4 is 36.6 Å². The molecule has 212 valence electrons. The van der Waals surface area contributed by atoms with E-state index in [-0.39, 0.29) is 11.7 Å². The quantitative estimate of drug-likeness (QED) is 0.200. The van der Waals surface area contributed by atoms with Crippen molar-refractivity contribution in [1.82, 2.24) is 15.5 Å². The smallest absolute Gasteiger partial charge is 0.408 e. The van der Waals surface area contributed by atoms with Gasteiger partial charge >= 0.3 is 6.09 Å². The maximum atomic E-state index is 14.0. The number of nitrogens with one attached hydrogen (secondary N) is 2. The Kier molecular flexibility index (Phi) is 13.1. The van der Waals surface area contributed by atoms with Crippen LogP contribution in [0, 0.1) is 0 Å². The number of hydrogen-bond donors (Lipinski definition) is 3. The Morgan fingerprint density at radius 1 is 1.05 bits per heavy atom. The largest absolute Gasteiger partial charge is 0.444 e. The summed E-state index contributed by atoms with van der Waals surface area (Å²) < 4.78 is 5.38. The number of ether oxygens (including phenoxy) is 1. The average molecular weight is 554 g/mol. The highest BCUT2D eigenvalue weighted by Crippen LogP contribution is 2.25. The first-order valence-corrected chi connectivity index (χ1v) is 14.2. The summed E-state index contributed by atoms with van der Waals surface area (Å²) >= 11 is 4.36. The molecule has 3 amide bonds. The highest BCUT2D eigenvalue weighted by atomic mass is 32.1. The van der Waals surface area contributed by atoms with Gasteiger partial charge in [-0.25, -0.2) is 4.79 Å². The fraction of sp³-hybridized carbons (Fsp3) is 0.452. The lowest BCUT2D eigenvalue weighted by Crippen LogP contribution is -2.54. The Labute approximate surface area is 238 Å². The minimum absolute atomic E-state index is 0.0502. The Morgan fingerprint density at radius 2 is 1.77 bits per heavy atom. The molecule has 0 heterocycles. The van der Waals surface area contributed by atoms with E-state index in [9.17, 15) is 14.4 Å². The number of rotatable bonds is 14. The van der Waals surface area contributed by atoms with Gasteiger partial charge in [-0.15, -0.1) is 0 Å². The number of carbonyl (C=O) groups is 3. The lowest BCUT2D eigenvalue weighted by atomic mass is 9.99. The van der Waals surface area contributed by atoms with E-state index in [1.54, 1.807) is 31.7 Å². The van der Waals surface area contributed by atoms with Crippen LogP contribution in [0.2, 0.25) is 0 Å². The molecule has 2 aromatic carbocycles. The number of alkyl carbamates (subject to hydrolysis) is 1. The summed E-state index contributed by atoms with van der Waals surface area (Å²) in [5.41, 5.74) is 1.73. The second-order valence-electron chi connectivity index (χ2n) is 10.5. The third-order valence-corrected chi connectivity index (χ3v) is 6.40. The van der Waals surface area contributed by atoms with Crippen LogP contribution in [0.5, 0.6) is 0 Å². The molecule has 0 aromatic heterocycles. The van der Waals surface area contributed by atoms with E-state index in [1.807, 2.05) is 54.6 Å². The van der Waals surface area contributed by atoms with Crippen molar-refractivity contribution in [2.75, 3.05) is 12.3 Å². The van der Waals surface area contributed by atoms with Crippen LogP contribution in [0.4, 0.5) is 4.79 Å². The summed E-state index contributed by atoms with van der Waals surface area (Å²) in [4.78, 5) is 41.9. The van der Waals surface area contributed by atoms with Crippen LogP contribution in [0.25, 0.3) is 6.08 Å². The van der Waals surface area contributed by atoms with E-state index >= 15 is 0 Å². The molecule has 2 aromatic rings. The van der Waals surface area contributed by atoms with Crippen molar-refractivity contribution in [2.45, 2.75) is 77.6 Å². The summed E-state index contributed by atoms with van der Waals surface area (Å²) in [6.45, 7) is 11.9. The van der Waals surface area contributed by atoms with Crippen molar-refractivity contribution in [1.29, 1.82) is 0 Å². The van der Waals surface area contributed by atoms with E-state index < -0.39 is 29.7 Å². The molecule has 2 N–H and O–H groups in total. The molecule has 2 rings (SSSR count). The predicted octanol–water partition coefficient (Wildman–Crippen LogP) is 5.92. The molecule has 0 saturated carbocycles. The third-order valence-electron chi connectivity index (χ3n) is 6.04. The molecule has 39 heavy (non-hydrogen) atoms. The molecule has 2 unspecified atom stereocenters. The zero-order valence-electron chi connectivity index (χ0n) is 23.6. The Bertz CT molecular complexity index is 1080. The van der Waals surface area contributed by atoms with Crippen molar-refractivity contribution in [3.63, 3.8) is 0 Å². The van der Waals surface area contributed by atoms with Crippen LogP contribution in [-0.4, -0.2) is 46.7 Å². The molecular weight excluding hydrogens is 510 g/mol. The SMILES string of the molecule is C=Cc1cccc(C(C(=O)NCc2ccccc2)N(CCCCCC)C(=O)C(CS)NC(=O)OC(C)(C)C)c1. The van der Waals surface area contributed by atoms with Gasteiger partial charge in [-0.3, -0.25) is 9.59 Å². The van der Waals surface area contributed by atoms with Gasteiger partial charge in [-0.1, -0.05) is 87.4 Å². The first-order valence-electron chi connectivity index (χ1n) is 13.5. The van der Waals surface area contributed by atoms with E-state index in [1.165, 1.54) is 0 Å². The number of unbranched alkanes of at least 4 members (excludes halogenated alkanes) is 3. The lowest BCUT2D eigenvalue weighted by molar-refractivity contribution is -0.142. The van der Waals surface area contributed by atoms with Gasteiger partial charge in [0.15, 0.2) is 0 Å². The third kappa shape index (κ3) is 10.8. The van der Waals surface area contributed by atoms with Gasteiger partial charge < -0.3 is 20.3 Å². The zero-order valence-corrected chi connectivity index (χ0v) is 24.5. The molecular formula is C31H43N3O4S. The molecule has 8 heteroatoms. The van der Waals surface area contributed by atoms with E-state index in [0.29, 0.717) is 18.7 Å². The summed E-state index contributed by atoms with van der Waals surface area (Å²) in [5.74, 6) is -0.649. The van der Waals surface area contributed by atoms with Crippen LogP contribution in [-0.2, 0) is 20.9 Å². The highest BCUT2D eigenvalue weighted by molar-refractivity contribution is 7.80. The zero-order chi connectivity index (χ0) is 28.8. The van der Waals surface area contributed by atoms with Crippen LogP contribution in [0.1, 0.15) is 76.1 Å².